The molecule has 146 valence electrons. The molecule has 26 heavy (non-hydrogen) atoms. The Labute approximate surface area is 159 Å². The Morgan fingerprint density at radius 1 is 1.12 bits per heavy atom. The van der Waals surface area contributed by atoms with Crippen LogP contribution < -0.4 is 4.90 Å². The second-order valence-corrected chi connectivity index (χ2v) is 9.15. The summed E-state index contributed by atoms with van der Waals surface area (Å²) in [5.41, 5.74) is 1.66. The van der Waals surface area contributed by atoms with Crippen molar-refractivity contribution in [2.45, 2.75) is 52.2 Å². The first-order valence-corrected chi connectivity index (χ1v) is 10.2. The number of para-hydroxylation sites is 1. The second kappa shape index (κ2) is 8.73. The number of β-amino-alcohol motifs (C(OH)–C–C–N with tert-alkyl or cyclic N) is 1. The van der Waals surface area contributed by atoms with Gasteiger partial charge in [-0.25, -0.2) is 0 Å². The largest absolute Gasteiger partial charge is 0.389 e. The molecular formula is C22H36N2O2. The Morgan fingerprint density at radius 3 is 2.46 bits per heavy atom. The standard InChI is InChI=1S/C22H36N2O2/c1-18-13-21(15-22(2,3)14-18)26-17-20(25)16-23-9-11-24(12-10-23)19-7-5-4-6-8-19/h4-8,18,20-21,25H,9-17H2,1-3H3/t18-,20+,21-/m1/s1. The van der Waals surface area contributed by atoms with Gasteiger partial charge in [-0.2, -0.15) is 0 Å². The number of aliphatic hydroxyl groups is 1. The lowest BCUT2D eigenvalue weighted by molar-refractivity contribution is -0.0615. The summed E-state index contributed by atoms with van der Waals surface area (Å²) < 4.78 is 6.10. The molecule has 1 saturated carbocycles. The predicted octanol–water partition coefficient (Wildman–Crippen LogP) is 3.40. The molecule has 0 radical (unpaired) electrons. The first-order chi connectivity index (χ1) is 12.4. The summed E-state index contributed by atoms with van der Waals surface area (Å²) >= 11 is 0. The van der Waals surface area contributed by atoms with Gasteiger partial charge in [-0.15, -0.1) is 0 Å². The van der Waals surface area contributed by atoms with Crippen LogP contribution in [0.5, 0.6) is 0 Å². The summed E-state index contributed by atoms with van der Waals surface area (Å²) in [6.07, 6.45) is 3.43. The zero-order valence-electron chi connectivity index (χ0n) is 16.7. The number of aliphatic hydroxyl groups excluding tert-OH is 1. The van der Waals surface area contributed by atoms with E-state index >= 15 is 0 Å². The van der Waals surface area contributed by atoms with Gasteiger partial charge in [0.2, 0.25) is 0 Å². The SMILES string of the molecule is C[C@@H]1C[C@@H](OC[C@@H](O)CN2CCN(c3ccccc3)CC2)CC(C)(C)C1. The van der Waals surface area contributed by atoms with Gasteiger partial charge >= 0.3 is 0 Å². The average molecular weight is 361 g/mol. The summed E-state index contributed by atoms with van der Waals surface area (Å²) in [4.78, 5) is 4.78. The molecule has 0 bridgehead atoms. The van der Waals surface area contributed by atoms with Gasteiger partial charge < -0.3 is 14.7 Å². The first kappa shape index (κ1) is 19.7. The number of anilines is 1. The van der Waals surface area contributed by atoms with E-state index < -0.39 is 6.10 Å². The molecule has 0 unspecified atom stereocenters. The lowest BCUT2D eigenvalue weighted by Crippen LogP contribution is -2.49. The highest BCUT2D eigenvalue weighted by molar-refractivity contribution is 5.46. The molecule has 3 atom stereocenters. The monoisotopic (exact) mass is 360 g/mol. The number of nitrogens with zero attached hydrogens (tertiary/aromatic N) is 2. The average Bonchev–Trinajstić information content (AvgIpc) is 2.60. The molecule has 1 N–H and O–H groups in total. The Morgan fingerprint density at radius 2 is 1.81 bits per heavy atom. The van der Waals surface area contributed by atoms with E-state index in [0.29, 0.717) is 30.6 Å². The number of rotatable bonds is 6. The van der Waals surface area contributed by atoms with Crippen LogP contribution in [0.3, 0.4) is 0 Å². The van der Waals surface area contributed by atoms with Crippen molar-refractivity contribution in [3.8, 4) is 0 Å². The minimum atomic E-state index is -0.390. The topological polar surface area (TPSA) is 35.9 Å². The summed E-state index contributed by atoms with van der Waals surface area (Å²) in [5.74, 6) is 0.715. The molecule has 4 heteroatoms. The molecule has 0 aromatic heterocycles. The summed E-state index contributed by atoms with van der Waals surface area (Å²) in [5, 5.41) is 10.4. The van der Waals surface area contributed by atoms with Crippen LogP contribution in [0.25, 0.3) is 0 Å². The molecule has 1 aromatic rings. The fourth-order valence-corrected chi connectivity index (χ4v) is 4.81. The quantitative estimate of drug-likeness (QED) is 0.843. The Bertz CT molecular complexity index is 540. The number of hydrogen-bond acceptors (Lipinski definition) is 4. The third-order valence-corrected chi connectivity index (χ3v) is 5.83. The molecule has 2 fully saturated rings. The normalized spacial score (nSPS) is 28.1. The number of benzene rings is 1. The van der Waals surface area contributed by atoms with Crippen molar-refractivity contribution in [1.29, 1.82) is 0 Å². The maximum atomic E-state index is 10.4. The van der Waals surface area contributed by atoms with Crippen LogP contribution >= 0.6 is 0 Å². The van der Waals surface area contributed by atoms with Crippen molar-refractivity contribution in [3.63, 3.8) is 0 Å². The van der Waals surface area contributed by atoms with Crippen molar-refractivity contribution >= 4 is 5.69 Å². The van der Waals surface area contributed by atoms with Gasteiger partial charge in [-0.3, -0.25) is 4.90 Å². The van der Waals surface area contributed by atoms with E-state index in [9.17, 15) is 5.11 Å². The Balaban J connectivity index is 1.37. The van der Waals surface area contributed by atoms with Crippen molar-refractivity contribution in [1.82, 2.24) is 4.90 Å². The second-order valence-electron chi connectivity index (χ2n) is 9.15. The smallest absolute Gasteiger partial charge is 0.0900 e. The molecule has 1 aliphatic carbocycles. The molecular weight excluding hydrogens is 324 g/mol. The molecule has 1 saturated heterocycles. The van der Waals surface area contributed by atoms with Gasteiger partial charge in [-0.1, -0.05) is 39.0 Å². The molecule has 1 aromatic carbocycles. The highest BCUT2D eigenvalue weighted by Gasteiger charge is 2.32. The van der Waals surface area contributed by atoms with Crippen LogP contribution in [-0.2, 0) is 4.74 Å². The first-order valence-electron chi connectivity index (χ1n) is 10.2. The molecule has 0 amide bonds. The van der Waals surface area contributed by atoms with E-state index in [-0.39, 0.29) is 0 Å². The third-order valence-electron chi connectivity index (χ3n) is 5.83. The van der Waals surface area contributed by atoms with E-state index in [1.54, 1.807) is 0 Å². The Kier molecular flexibility index (Phi) is 6.60. The van der Waals surface area contributed by atoms with E-state index in [1.165, 1.54) is 12.1 Å². The number of ether oxygens (including phenoxy) is 1. The van der Waals surface area contributed by atoms with Crippen molar-refractivity contribution < 1.29 is 9.84 Å². The van der Waals surface area contributed by atoms with Gasteiger partial charge in [0, 0.05) is 38.4 Å². The van der Waals surface area contributed by atoms with E-state index in [4.69, 9.17) is 4.74 Å². The lowest BCUT2D eigenvalue weighted by Gasteiger charge is -2.39. The van der Waals surface area contributed by atoms with Gasteiger partial charge in [0.1, 0.15) is 0 Å². The van der Waals surface area contributed by atoms with Gasteiger partial charge in [0.05, 0.1) is 18.8 Å². The third kappa shape index (κ3) is 5.70. The maximum absolute atomic E-state index is 10.4. The predicted molar refractivity (Wildman–Crippen MR) is 108 cm³/mol. The van der Waals surface area contributed by atoms with Gasteiger partial charge in [0.15, 0.2) is 0 Å². The fourth-order valence-electron chi connectivity index (χ4n) is 4.81. The molecule has 3 rings (SSSR count). The van der Waals surface area contributed by atoms with Crippen LogP contribution in [0, 0.1) is 11.3 Å². The van der Waals surface area contributed by atoms with Crippen molar-refractivity contribution in [3.05, 3.63) is 30.3 Å². The zero-order valence-corrected chi connectivity index (χ0v) is 16.7. The Hall–Kier alpha value is -1.10. The minimum absolute atomic E-state index is 0.304. The molecule has 1 aliphatic heterocycles. The maximum Gasteiger partial charge on any atom is 0.0900 e. The highest BCUT2D eigenvalue weighted by atomic mass is 16.5. The molecule has 0 spiro atoms. The van der Waals surface area contributed by atoms with Crippen LogP contribution in [0.1, 0.15) is 40.0 Å². The summed E-state index contributed by atoms with van der Waals surface area (Å²) in [6.45, 7) is 12.2. The minimum Gasteiger partial charge on any atom is -0.389 e. The lowest BCUT2D eigenvalue weighted by atomic mass is 9.71. The fraction of sp³-hybridized carbons (Fsp3) is 0.727. The van der Waals surface area contributed by atoms with E-state index in [0.717, 1.165) is 39.0 Å². The van der Waals surface area contributed by atoms with Crippen molar-refractivity contribution in [2.75, 3.05) is 44.2 Å². The number of hydrogen-bond donors (Lipinski definition) is 1. The summed E-state index contributed by atoms with van der Waals surface area (Å²) in [6, 6.07) is 10.6. The van der Waals surface area contributed by atoms with Crippen LogP contribution in [-0.4, -0.2) is 61.5 Å². The zero-order chi connectivity index (χ0) is 18.6. The van der Waals surface area contributed by atoms with Crippen LogP contribution in [0.2, 0.25) is 0 Å². The van der Waals surface area contributed by atoms with Gasteiger partial charge in [0.25, 0.3) is 0 Å². The van der Waals surface area contributed by atoms with Crippen molar-refractivity contribution in [2.24, 2.45) is 11.3 Å². The van der Waals surface area contributed by atoms with E-state index in [2.05, 4.69) is 60.9 Å². The molecule has 2 aliphatic rings. The van der Waals surface area contributed by atoms with E-state index in [1.807, 2.05) is 0 Å². The number of piperazine rings is 1. The van der Waals surface area contributed by atoms with Crippen LogP contribution in [0.15, 0.2) is 30.3 Å². The molecule has 1 heterocycles. The molecule has 4 nitrogen and oxygen atoms in total. The summed E-state index contributed by atoms with van der Waals surface area (Å²) in [7, 11) is 0. The van der Waals surface area contributed by atoms with Gasteiger partial charge in [-0.05, 0) is 42.7 Å². The highest BCUT2D eigenvalue weighted by Crippen LogP contribution is 2.39. The van der Waals surface area contributed by atoms with Crippen LogP contribution in [0.4, 0.5) is 5.69 Å².